The molecule has 2 aromatic heterocycles. The summed E-state index contributed by atoms with van der Waals surface area (Å²) < 4.78 is 8.93. The monoisotopic (exact) mass is 804 g/mol. The lowest BCUT2D eigenvalue weighted by Crippen LogP contribution is -2.12. The molecule has 0 unspecified atom stereocenters. The standard InChI is InChI=1S/C60H40N2O/c1-2-18-41(19-3-1)46-22-4-5-23-47(46)43-20-16-21-45(40-43)61(44-38-36-42(37-39-44)48-29-17-30-54-53-28-10-15-35-59(53)63-60(48)54)55-31-11-6-24-49(55)50-25-7-12-32-56(50)62-57-33-13-8-26-51(57)52-27-9-14-34-58(52)62/h1-40H. The zero-order valence-corrected chi connectivity index (χ0v) is 34.4. The maximum Gasteiger partial charge on any atom is 0.143 e. The molecule has 0 N–H and O–H groups in total. The Morgan fingerprint density at radius 3 is 1.60 bits per heavy atom. The first-order valence-electron chi connectivity index (χ1n) is 21.5. The molecule has 63 heavy (non-hydrogen) atoms. The largest absolute Gasteiger partial charge is 0.455 e. The highest BCUT2D eigenvalue weighted by atomic mass is 16.3. The van der Waals surface area contributed by atoms with E-state index in [1.807, 2.05) is 12.1 Å². The van der Waals surface area contributed by atoms with E-state index >= 15 is 0 Å². The second-order valence-corrected chi connectivity index (χ2v) is 16.0. The van der Waals surface area contributed by atoms with Gasteiger partial charge in [-0.05, 0) is 82.4 Å². The first kappa shape index (κ1) is 36.5. The second-order valence-electron chi connectivity index (χ2n) is 16.0. The minimum absolute atomic E-state index is 0.897. The van der Waals surface area contributed by atoms with Crippen LogP contribution in [-0.2, 0) is 0 Å². The highest BCUT2D eigenvalue weighted by Gasteiger charge is 2.22. The van der Waals surface area contributed by atoms with Crippen LogP contribution in [0.3, 0.4) is 0 Å². The number of hydrogen-bond acceptors (Lipinski definition) is 2. The molecule has 0 amide bonds. The van der Waals surface area contributed by atoms with Gasteiger partial charge in [-0.15, -0.1) is 0 Å². The van der Waals surface area contributed by atoms with E-state index < -0.39 is 0 Å². The number of para-hydroxylation sites is 6. The molecular weight excluding hydrogens is 765 g/mol. The third-order valence-corrected chi connectivity index (χ3v) is 12.4. The summed E-state index contributed by atoms with van der Waals surface area (Å²) in [6, 6.07) is 87.1. The first-order chi connectivity index (χ1) is 31.3. The maximum atomic E-state index is 6.50. The Morgan fingerprint density at radius 1 is 0.317 bits per heavy atom. The van der Waals surface area contributed by atoms with Gasteiger partial charge in [0.1, 0.15) is 11.2 Å². The third kappa shape index (κ3) is 6.21. The van der Waals surface area contributed by atoms with Gasteiger partial charge in [0.25, 0.3) is 0 Å². The normalized spacial score (nSPS) is 11.5. The zero-order valence-electron chi connectivity index (χ0n) is 34.4. The summed E-state index contributed by atoms with van der Waals surface area (Å²) in [5.41, 5.74) is 17.6. The molecule has 3 heteroatoms. The molecule has 10 aromatic carbocycles. The van der Waals surface area contributed by atoms with Crippen LogP contribution < -0.4 is 4.90 Å². The van der Waals surface area contributed by atoms with Crippen LogP contribution >= 0.6 is 0 Å². The molecule has 0 spiro atoms. The average molecular weight is 805 g/mol. The van der Waals surface area contributed by atoms with Crippen LogP contribution in [0.2, 0.25) is 0 Å². The van der Waals surface area contributed by atoms with Crippen molar-refractivity contribution >= 4 is 60.8 Å². The van der Waals surface area contributed by atoms with Gasteiger partial charge in [-0.3, -0.25) is 0 Å². The predicted molar refractivity (Wildman–Crippen MR) is 264 cm³/mol. The van der Waals surface area contributed by atoms with E-state index in [2.05, 4.69) is 240 Å². The van der Waals surface area contributed by atoms with Gasteiger partial charge in [0.05, 0.1) is 22.4 Å². The van der Waals surface area contributed by atoms with Crippen molar-refractivity contribution in [1.82, 2.24) is 4.57 Å². The molecule has 0 bridgehead atoms. The predicted octanol–water partition coefficient (Wildman–Crippen LogP) is 16.8. The molecule has 0 saturated heterocycles. The molecule has 0 atom stereocenters. The van der Waals surface area contributed by atoms with Gasteiger partial charge in [-0.2, -0.15) is 0 Å². The van der Waals surface area contributed by atoms with Crippen molar-refractivity contribution in [1.29, 1.82) is 0 Å². The van der Waals surface area contributed by atoms with E-state index in [0.717, 1.165) is 72.5 Å². The summed E-state index contributed by atoms with van der Waals surface area (Å²) in [6.07, 6.45) is 0. The Labute approximate surface area is 366 Å². The fraction of sp³-hybridized carbons (Fsp3) is 0. The molecule has 2 heterocycles. The van der Waals surface area contributed by atoms with Crippen molar-refractivity contribution < 1.29 is 4.42 Å². The van der Waals surface area contributed by atoms with E-state index in [1.165, 1.54) is 38.5 Å². The van der Waals surface area contributed by atoms with Crippen LogP contribution in [0.15, 0.2) is 247 Å². The summed E-state index contributed by atoms with van der Waals surface area (Å²) in [5, 5.41) is 4.73. The minimum Gasteiger partial charge on any atom is -0.455 e. The quantitative estimate of drug-likeness (QED) is 0.153. The summed E-state index contributed by atoms with van der Waals surface area (Å²) in [7, 11) is 0. The smallest absolute Gasteiger partial charge is 0.143 e. The number of benzene rings is 10. The summed E-state index contributed by atoms with van der Waals surface area (Å²) in [4.78, 5) is 2.41. The molecule has 0 aliphatic rings. The Hall–Kier alpha value is -8.40. The van der Waals surface area contributed by atoms with Crippen molar-refractivity contribution in [3.63, 3.8) is 0 Å². The highest BCUT2D eigenvalue weighted by molar-refractivity contribution is 6.11. The first-order valence-corrected chi connectivity index (χ1v) is 21.5. The van der Waals surface area contributed by atoms with Crippen LogP contribution in [0.25, 0.3) is 93.9 Å². The fourth-order valence-electron chi connectivity index (χ4n) is 9.58. The summed E-state index contributed by atoms with van der Waals surface area (Å²) in [5.74, 6) is 0. The fourth-order valence-corrected chi connectivity index (χ4v) is 9.58. The highest BCUT2D eigenvalue weighted by Crippen LogP contribution is 2.46. The second kappa shape index (κ2) is 15.3. The van der Waals surface area contributed by atoms with Gasteiger partial charge >= 0.3 is 0 Å². The molecular formula is C60H40N2O. The number of furan rings is 1. The van der Waals surface area contributed by atoms with Crippen molar-refractivity contribution in [2.45, 2.75) is 0 Å². The van der Waals surface area contributed by atoms with Gasteiger partial charge < -0.3 is 13.9 Å². The van der Waals surface area contributed by atoms with Gasteiger partial charge in [-0.1, -0.05) is 188 Å². The number of hydrogen-bond donors (Lipinski definition) is 0. The molecule has 0 aliphatic heterocycles. The SMILES string of the molecule is c1ccc(-c2ccccc2-c2cccc(N(c3ccc(-c4cccc5c4oc4ccccc45)cc3)c3ccccc3-c3ccccc3-n3c4ccccc4c4ccccc43)c2)cc1. The van der Waals surface area contributed by atoms with Gasteiger partial charge in [0.2, 0.25) is 0 Å². The van der Waals surface area contributed by atoms with Crippen molar-refractivity contribution in [3.05, 3.63) is 243 Å². The molecule has 0 saturated carbocycles. The molecule has 296 valence electrons. The van der Waals surface area contributed by atoms with Crippen LogP contribution in [0.4, 0.5) is 17.1 Å². The molecule has 0 fully saturated rings. The van der Waals surface area contributed by atoms with Crippen LogP contribution in [-0.4, -0.2) is 4.57 Å². The van der Waals surface area contributed by atoms with Crippen molar-refractivity contribution in [2.75, 3.05) is 4.90 Å². The number of nitrogens with zero attached hydrogens (tertiary/aromatic N) is 2. The topological polar surface area (TPSA) is 21.3 Å². The average Bonchev–Trinajstić information content (AvgIpc) is 3.91. The van der Waals surface area contributed by atoms with E-state index in [9.17, 15) is 0 Å². The Morgan fingerprint density at radius 2 is 0.841 bits per heavy atom. The number of fused-ring (bicyclic) bond motifs is 6. The minimum atomic E-state index is 0.897. The molecule has 3 nitrogen and oxygen atoms in total. The van der Waals surface area contributed by atoms with Gasteiger partial charge in [-0.25, -0.2) is 0 Å². The summed E-state index contributed by atoms with van der Waals surface area (Å²) in [6.45, 7) is 0. The zero-order chi connectivity index (χ0) is 41.7. The molecule has 0 aliphatic carbocycles. The Bertz CT molecular complexity index is 3580. The Kier molecular flexibility index (Phi) is 8.83. The van der Waals surface area contributed by atoms with Crippen molar-refractivity contribution in [2.24, 2.45) is 0 Å². The molecule has 12 rings (SSSR count). The number of aromatic nitrogens is 1. The van der Waals surface area contributed by atoms with Crippen molar-refractivity contribution in [3.8, 4) is 50.2 Å². The lowest BCUT2D eigenvalue weighted by molar-refractivity contribution is 0.670. The maximum absolute atomic E-state index is 6.50. The number of rotatable bonds is 8. The molecule has 0 radical (unpaired) electrons. The van der Waals surface area contributed by atoms with E-state index in [0.29, 0.717) is 0 Å². The van der Waals surface area contributed by atoms with E-state index in [4.69, 9.17) is 4.42 Å². The number of anilines is 3. The van der Waals surface area contributed by atoms with E-state index in [-0.39, 0.29) is 0 Å². The third-order valence-electron chi connectivity index (χ3n) is 12.4. The van der Waals surface area contributed by atoms with Crippen LogP contribution in [0, 0.1) is 0 Å². The van der Waals surface area contributed by atoms with Gasteiger partial charge in [0, 0.05) is 49.6 Å². The lowest BCUT2D eigenvalue weighted by Gasteiger charge is -2.29. The van der Waals surface area contributed by atoms with E-state index in [1.54, 1.807) is 0 Å². The lowest BCUT2D eigenvalue weighted by atomic mass is 9.94. The summed E-state index contributed by atoms with van der Waals surface area (Å²) >= 11 is 0. The van der Waals surface area contributed by atoms with Gasteiger partial charge in [0.15, 0.2) is 0 Å². The molecule has 12 aromatic rings. The van der Waals surface area contributed by atoms with Crippen LogP contribution in [0.5, 0.6) is 0 Å². The van der Waals surface area contributed by atoms with Crippen LogP contribution in [0.1, 0.15) is 0 Å². The Balaban J connectivity index is 1.05.